The van der Waals surface area contributed by atoms with E-state index in [2.05, 4.69) is 21.7 Å². The highest BCUT2D eigenvalue weighted by Crippen LogP contribution is 2.40. The highest BCUT2D eigenvalue weighted by Gasteiger charge is 2.25. The number of halogens is 1. The normalized spacial score (nSPS) is 15.4. The molecule has 1 heterocycles. The van der Waals surface area contributed by atoms with Gasteiger partial charge in [-0.1, -0.05) is 23.7 Å². The van der Waals surface area contributed by atoms with Crippen molar-refractivity contribution in [3.8, 4) is 17.2 Å². The van der Waals surface area contributed by atoms with Gasteiger partial charge >= 0.3 is 0 Å². The van der Waals surface area contributed by atoms with E-state index in [1.165, 1.54) is 0 Å². The Labute approximate surface area is 205 Å². The molecule has 4 N–H and O–H groups in total. The van der Waals surface area contributed by atoms with Crippen LogP contribution >= 0.6 is 11.6 Å². The van der Waals surface area contributed by atoms with E-state index in [1.807, 2.05) is 18.2 Å². The van der Waals surface area contributed by atoms with Gasteiger partial charge in [0.25, 0.3) is 5.91 Å². The van der Waals surface area contributed by atoms with Crippen LogP contribution in [0, 0.1) is 0 Å². The summed E-state index contributed by atoms with van der Waals surface area (Å²) in [6, 6.07) is 9.19. The highest BCUT2D eigenvalue weighted by atomic mass is 35.5. The molecule has 0 radical (unpaired) electrons. The maximum Gasteiger partial charge on any atom is 0.280 e. The van der Waals surface area contributed by atoms with Crippen molar-refractivity contribution in [1.29, 1.82) is 0 Å². The molecule has 0 aromatic heterocycles. The van der Waals surface area contributed by atoms with Gasteiger partial charge in [-0.25, -0.2) is 0 Å². The fraction of sp³-hybridized carbons (Fsp3) is 0.417. The number of rotatable bonds is 8. The van der Waals surface area contributed by atoms with E-state index in [0.29, 0.717) is 27.8 Å². The zero-order valence-electron chi connectivity index (χ0n) is 20.0. The number of guanidine groups is 1. The van der Waals surface area contributed by atoms with Gasteiger partial charge in [-0.3, -0.25) is 14.6 Å². The molecule has 0 saturated carbocycles. The predicted molar refractivity (Wildman–Crippen MR) is 133 cm³/mol. The maximum absolute atomic E-state index is 12.1. The van der Waals surface area contributed by atoms with Crippen molar-refractivity contribution in [2.75, 3.05) is 47.5 Å². The molecule has 1 fully saturated rings. The topological polar surface area (TPSA) is 116 Å². The summed E-state index contributed by atoms with van der Waals surface area (Å²) in [4.78, 5) is 20.4. The number of benzene rings is 2. The third-order valence-corrected chi connectivity index (χ3v) is 6.39. The Morgan fingerprint density at radius 3 is 2.26 bits per heavy atom. The number of amides is 1. The molecular weight excluding hydrogens is 458 g/mol. The first-order valence-electron chi connectivity index (χ1n) is 11.0. The van der Waals surface area contributed by atoms with Gasteiger partial charge in [0.15, 0.2) is 17.5 Å². The molecule has 2 aromatic rings. The van der Waals surface area contributed by atoms with Gasteiger partial charge < -0.3 is 25.7 Å². The van der Waals surface area contributed by atoms with Crippen molar-refractivity contribution in [1.82, 2.24) is 9.80 Å². The lowest BCUT2D eigenvalue weighted by atomic mass is 10.0. The Morgan fingerprint density at radius 2 is 1.71 bits per heavy atom. The van der Waals surface area contributed by atoms with Crippen molar-refractivity contribution in [3.63, 3.8) is 0 Å². The maximum atomic E-state index is 12.1. The molecule has 0 spiro atoms. The molecule has 3 rings (SSSR count). The predicted octanol–water partition coefficient (Wildman–Crippen LogP) is 2.66. The molecular formula is C24H32ClN5O4. The first kappa shape index (κ1) is 25.6. The average molecular weight is 490 g/mol. The second-order valence-corrected chi connectivity index (χ2v) is 8.47. The van der Waals surface area contributed by atoms with Gasteiger partial charge in [0, 0.05) is 54.9 Å². The Kier molecular flexibility index (Phi) is 8.60. The minimum absolute atomic E-state index is 0.0949. The van der Waals surface area contributed by atoms with E-state index in [1.54, 1.807) is 33.5 Å². The summed E-state index contributed by atoms with van der Waals surface area (Å²) in [5.41, 5.74) is 12.9. The number of nitrogens with two attached hydrogens (primary N) is 2. The van der Waals surface area contributed by atoms with E-state index < -0.39 is 5.91 Å². The molecule has 184 valence electrons. The van der Waals surface area contributed by atoms with Crippen LogP contribution in [0.15, 0.2) is 35.3 Å². The summed E-state index contributed by atoms with van der Waals surface area (Å²) in [6.07, 6.45) is 0. The second-order valence-electron chi connectivity index (χ2n) is 8.06. The van der Waals surface area contributed by atoms with Crippen LogP contribution in [0.2, 0.25) is 5.02 Å². The van der Waals surface area contributed by atoms with Crippen molar-refractivity contribution in [2.45, 2.75) is 19.5 Å². The quantitative estimate of drug-likeness (QED) is 0.429. The molecule has 1 aliphatic heterocycles. The number of methoxy groups -OCH3 is 3. The summed E-state index contributed by atoms with van der Waals surface area (Å²) in [5.74, 6) is 1.15. The molecule has 0 aliphatic carbocycles. The van der Waals surface area contributed by atoms with Gasteiger partial charge in [0.1, 0.15) is 0 Å². The number of ether oxygens (including phenoxy) is 3. The summed E-state index contributed by atoms with van der Waals surface area (Å²) >= 11 is 6.51. The zero-order chi connectivity index (χ0) is 24.8. The van der Waals surface area contributed by atoms with Gasteiger partial charge in [-0.2, -0.15) is 4.99 Å². The van der Waals surface area contributed by atoms with Gasteiger partial charge in [-0.15, -0.1) is 0 Å². The Bertz CT molecular complexity index is 1050. The summed E-state index contributed by atoms with van der Waals surface area (Å²) in [5, 5.41) is 0.515. The number of carbonyl (C=O) groups excluding carboxylic acids is 1. The van der Waals surface area contributed by atoms with Crippen molar-refractivity contribution in [2.24, 2.45) is 16.5 Å². The molecule has 1 atom stereocenters. The molecule has 34 heavy (non-hydrogen) atoms. The Hall–Kier alpha value is -3.01. The van der Waals surface area contributed by atoms with E-state index in [0.717, 1.165) is 43.9 Å². The van der Waals surface area contributed by atoms with Crippen LogP contribution in [0.5, 0.6) is 17.2 Å². The highest BCUT2D eigenvalue weighted by molar-refractivity contribution is 6.31. The molecule has 9 nitrogen and oxygen atoms in total. The smallest absolute Gasteiger partial charge is 0.280 e. The third-order valence-electron chi connectivity index (χ3n) is 6.06. The molecule has 0 bridgehead atoms. The SMILES string of the molecule is COc1ccc(CN2CCN(C(C)c3ccc(C(=O)N=C(N)N)cc3Cl)CC2)c(OC)c1OC. The van der Waals surface area contributed by atoms with Crippen LogP contribution in [0.4, 0.5) is 0 Å². The molecule has 1 unspecified atom stereocenters. The molecule has 10 heteroatoms. The molecule has 1 saturated heterocycles. The molecule has 1 aliphatic rings. The standard InChI is InChI=1S/C24H32ClN5O4/c1-15(18-7-5-16(13-19(18)25)23(31)28-24(26)27)30-11-9-29(10-12-30)14-17-6-8-20(32-2)22(34-4)21(17)33-3/h5-8,13,15H,9-12,14H2,1-4H3,(H4,26,27,28,31). The van der Waals surface area contributed by atoms with Gasteiger partial charge in [0.2, 0.25) is 5.75 Å². The monoisotopic (exact) mass is 489 g/mol. The zero-order valence-corrected chi connectivity index (χ0v) is 20.8. The van der Waals surface area contributed by atoms with Gasteiger partial charge in [0.05, 0.1) is 21.3 Å². The first-order valence-corrected chi connectivity index (χ1v) is 11.3. The minimum atomic E-state index is -0.514. The summed E-state index contributed by atoms with van der Waals surface area (Å²) in [6.45, 7) is 6.39. The van der Waals surface area contributed by atoms with Crippen LogP contribution in [0.1, 0.15) is 34.5 Å². The third kappa shape index (κ3) is 5.72. The van der Waals surface area contributed by atoms with Gasteiger partial charge in [-0.05, 0) is 30.7 Å². The van der Waals surface area contributed by atoms with Crippen LogP contribution in [0.3, 0.4) is 0 Å². The Balaban J connectivity index is 1.65. The first-order chi connectivity index (χ1) is 16.3. The Morgan fingerprint density at radius 1 is 1.03 bits per heavy atom. The lowest BCUT2D eigenvalue weighted by molar-refractivity contribution is 0.0971. The lowest BCUT2D eigenvalue weighted by Crippen LogP contribution is -2.46. The number of hydrogen-bond acceptors (Lipinski definition) is 6. The van der Waals surface area contributed by atoms with E-state index in [9.17, 15) is 4.79 Å². The average Bonchev–Trinajstić information content (AvgIpc) is 2.83. The van der Waals surface area contributed by atoms with Crippen LogP contribution in [0.25, 0.3) is 0 Å². The van der Waals surface area contributed by atoms with Crippen LogP contribution < -0.4 is 25.7 Å². The van der Waals surface area contributed by atoms with Crippen LogP contribution in [-0.2, 0) is 6.54 Å². The number of piperazine rings is 1. The number of carbonyl (C=O) groups is 1. The lowest BCUT2D eigenvalue weighted by Gasteiger charge is -2.38. The second kappa shape index (κ2) is 11.4. The molecule has 2 aromatic carbocycles. The number of nitrogens with zero attached hydrogens (tertiary/aromatic N) is 3. The number of aliphatic imine (C=N–C) groups is 1. The minimum Gasteiger partial charge on any atom is -0.493 e. The molecule has 1 amide bonds. The van der Waals surface area contributed by atoms with Crippen molar-refractivity contribution < 1.29 is 19.0 Å². The fourth-order valence-corrected chi connectivity index (χ4v) is 4.55. The van der Waals surface area contributed by atoms with Crippen molar-refractivity contribution >= 4 is 23.5 Å². The fourth-order valence-electron chi connectivity index (χ4n) is 4.21. The van der Waals surface area contributed by atoms with Crippen molar-refractivity contribution in [3.05, 3.63) is 52.0 Å². The van der Waals surface area contributed by atoms with E-state index >= 15 is 0 Å². The van der Waals surface area contributed by atoms with E-state index in [-0.39, 0.29) is 12.0 Å². The van der Waals surface area contributed by atoms with Crippen LogP contribution in [-0.4, -0.2) is 69.2 Å². The summed E-state index contributed by atoms with van der Waals surface area (Å²) in [7, 11) is 4.86. The number of hydrogen-bond donors (Lipinski definition) is 2. The summed E-state index contributed by atoms with van der Waals surface area (Å²) < 4.78 is 16.5. The van der Waals surface area contributed by atoms with E-state index in [4.69, 9.17) is 37.3 Å². The largest absolute Gasteiger partial charge is 0.493 e.